The van der Waals surface area contributed by atoms with Gasteiger partial charge in [0.25, 0.3) is 0 Å². The highest BCUT2D eigenvalue weighted by atomic mass is 16.5. The van der Waals surface area contributed by atoms with Crippen molar-refractivity contribution in [1.29, 1.82) is 0 Å². The molecule has 3 heteroatoms. The third-order valence-corrected chi connectivity index (χ3v) is 2.83. The van der Waals surface area contributed by atoms with Gasteiger partial charge in [0, 0.05) is 6.61 Å². The first-order chi connectivity index (χ1) is 8.69. The maximum atomic E-state index is 12.1. The Morgan fingerprint density at radius 2 is 1.83 bits per heavy atom. The first-order valence-corrected chi connectivity index (χ1v) is 6.87. The molecule has 0 fully saturated rings. The molecule has 1 aliphatic rings. The lowest BCUT2D eigenvalue weighted by Gasteiger charge is -2.20. The number of hydrogen-bond acceptors (Lipinski definition) is 3. The summed E-state index contributed by atoms with van der Waals surface area (Å²) in [7, 11) is 0. The maximum Gasteiger partial charge on any atom is 0.229 e. The second kappa shape index (κ2) is 8.09. The van der Waals surface area contributed by atoms with Gasteiger partial charge in [-0.1, -0.05) is 26.7 Å². The van der Waals surface area contributed by atoms with Crippen LogP contribution in [0.15, 0.2) is 23.5 Å². The van der Waals surface area contributed by atoms with Crippen molar-refractivity contribution in [3.05, 3.63) is 23.5 Å². The fraction of sp³-hybridized carbons (Fsp3) is 0.667. The lowest BCUT2D eigenvalue weighted by molar-refractivity contribution is -0.127. The van der Waals surface area contributed by atoms with Crippen LogP contribution in [0.3, 0.4) is 0 Å². The van der Waals surface area contributed by atoms with Crippen LogP contribution >= 0.6 is 0 Å². The van der Waals surface area contributed by atoms with Crippen LogP contribution in [0.5, 0.6) is 0 Å². The van der Waals surface area contributed by atoms with E-state index < -0.39 is 6.10 Å². The Morgan fingerprint density at radius 1 is 1.17 bits per heavy atom. The predicted octanol–water partition coefficient (Wildman–Crippen LogP) is 3.40. The monoisotopic (exact) mass is 252 g/mol. The Bertz CT molecular complexity index is 329. The summed E-state index contributed by atoms with van der Waals surface area (Å²) in [6.45, 7) is 7.39. The molecule has 0 amide bonds. The van der Waals surface area contributed by atoms with Crippen LogP contribution in [0.1, 0.15) is 46.5 Å². The molecule has 0 N–H and O–H groups in total. The van der Waals surface area contributed by atoms with Gasteiger partial charge < -0.3 is 9.47 Å². The Kier molecular flexibility index (Phi) is 6.73. The minimum Gasteiger partial charge on any atom is -0.490 e. The van der Waals surface area contributed by atoms with Gasteiger partial charge in [0.05, 0.1) is 6.61 Å². The summed E-state index contributed by atoms with van der Waals surface area (Å²) in [5, 5.41) is 0. The average Bonchev–Trinajstić information content (AvgIpc) is 2.35. The van der Waals surface area contributed by atoms with Crippen LogP contribution in [0.4, 0.5) is 0 Å². The van der Waals surface area contributed by atoms with E-state index in [1.807, 2.05) is 13.0 Å². The van der Waals surface area contributed by atoms with Gasteiger partial charge in [0.15, 0.2) is 5.76 Å². The molecule has 1 aliphatic carbocycles. The summed E-state index contributed by atoms with van der Waals surface area (Å²) >= 11 is 0. The third-order valence-electron chi connectivity index (χ3n) is 2.83. The van der Waals surface area contributed by atoms with Crippen molar-refractivity contribution < 1.29 is 14.3 Å². The van der Waals surface area contributed by atoms with Crippen molar-refractivity contribution >= 4 is 5.78 Å². The minimum atomic E-state index is -0.460. The van der Waals surface area contributed by atoms with E-state index >= 15 is 0 Å². The van der Waals surface area contributed by atoms with E-state index in [1.165, 1.54) is 0 Å². The standard InChI is InChI=1S/C15H24O3/c1-4-6-8-17-13-10-12(3)11-14(15(13)16)18-9-7-5-2/h10-11,13H,4-9H2,1-3H3. The highest BCUT2D eigenvalue weighted by Crippen LogP contribution is 2.18. The number of hydrogen-bond donors (Lipinski definition) is 0. The molecule has 1 rings (SSSR count). The molecule has 0 saturated carbocycles. The number of ether oxygens (including phenoxy) is 2. The van der Waals surface area contributed by atoms with Gasteiger partial charge in [-0.15, -0.1) is 0 Å². The zero-order valence-corrected chi connectivity index (χ0v) is 11.7. The van der Waals surface area contributed by atoms with Crippen LogP contribution in [-0.2, 0) is 14.3 Å². The van der Waals surface area contributed by atoms with Crippen molar-refractivity contribution in [2.45, 2.75) is 52.6 Å². The van der Waals surface area contributed by atoms with E-state index in [0.717, 1.165) is 31.3 Å². The van der Waals surface area contributed by atoms with Gasteiger partial charge in [-0.25, -0.2) is 0 Å². The SMILES string of the molecule is CCCCOC1=CC(C)=CC(OCCCC)C1=O. The smallest absolute Gasteiger partial charge is 0.229 e. The topological polar surface area (TPSA) is 35.5 Å². The molecule has 0 heterocycles. The van der Waals surface area contributed by atoms with Gasteiger partial charge in [-0.05, 0) is 37.5 Å². The van der Waals surface area contributed by atoms with Crippen molar-refractivity contribution in [3.63, 3.8) is 0 Å². The quantitative estimate of drug-likeness (QED) is 0.621. The summed E-state index contributed by atoms with van der Waals surface area (Å²) in [5.74, 6) is 0.401. The van der Waals surface area contributed by atoms with Gasteiger partial charge in [-0.3, -0.25) is 4.79 Å². The molecular formula is C15H24O3. The van der Waals surface area contributed by atoms with E-state index in [1.54, 1.807) is 6.08 Å². The Hall–Kier alpha value is -1.09. The Balaban J connectivity index is 2.53. The second-order valence-electron chi connectivity index (χ2n) is 4.63. The van der Waals surface area contributed by atoms with Crippen LogP contribution in [0.25, 0.3) is 0 Å². The molecule has 0 aromatic carbocycles. The highest BCUT2D eigenvalue weighted by molar-refractivity contribution is 6.00. The lowest BCUT2D eigenvalue weighted by atomic mass is 10.0. The van der Waals surface area contributed by atoms with Crippen LogP contribution in [0, 0.1) is 0 Å². The molecule has 0 aromatic rings. The first-order valence-electron chi connectivity index (χ1n) is 6.87. The van der Waals surface area contributed by atoms with Gasteiger partial charge in [0.2, 0.25) is 5.78 Å². The van der Waals surface area contributed by atoms with E-state index in [9.17, 15) is 4.79 Å². The van der Waals surface area contributed by atoms with Crippen LogP contribution in [0.2, 0.25) is 0 Å². The van der Waals surface area contributed by atoms with Gasteiger partial charge in [0.1, 0.15) is 6.10 Å². The van der Waals surface area contributed by atoms with E-state index in [-0.39, 0.29) is 5.78 Å². The number of carbonyl (C=O) groups is 1. The number of unbranched alkanes of at least 4 members (excludes halogenated alkanes) is 2. The van der Waals surface area contributed by atoms with E-state index in [0.29, 0.717) is 19.0 Å². The molecule has 1 unspecified atom stereocenters. The molecule has 3 nitrogen and oxygen atoms in total. The summed E-state index contributed by atoms with van der Waals surface area (Å²) in [5.41, 5.74) is 1.03. The number of Topliss-reactive ketones (excluding diaryl/α,β-unsaturated/α-hetero) is 1. The number of allylic oxidation sites excluding steroid dienone is 2. The molecule has 0 radical (unpaired) electrons. The van der Waals surface area contributed by atoms with Crippen molar-refractivity contribution in [2.75, 3.05) is 13.2 Å². The maximum absolute atomic E-state index is 12.1. The zero-order chi connectivity index (χ0) is 13.4. The summed E-state index contributed by atoms with van der Waals surface area (Å²) in [6, 6.07) is 0. The predicted molar refractivity (Wildman–Crippen MR) is 72.4 cm³/mol. The Morgan fingerprint density at radius 3 is 2.50 bits per heavy atom. The molecule has 0 bridgehead atoms. The number of rotatable bonds is 8. The molecule has 0 aliphatic heterocycles. The molecular weight excluding hydrogens is 228 g/mol. The largest absolute Gasteiger partial charge is 0.490 e. The summed E-state index contributed by atoms with van der Waals surface area (Å²) in [4.78, 5) is 12.1. The summed E-state index contributed by atoms with van der Waals surface area (Å²) < 4.78 is 11.1. The normalized spacial score (nSPS) is 19.5. The second-order valence-corrected chi connectivity index (χ2v) is 4.63. The number of carbonyl (C=O) groups excluding carboxylic acids is 1. The van der Waals surface area contributed by atoms with E-state index in [4.69, 9.17) is 9.47 Å². The lowest BCUT2D eigenvalue weighted by Crippen LogP contribution is -2.28. The molecule has 0 saturated heterocycles. The van der Waals surface area contributed by atoms with Gasteiger partial charge >= 0.3 is 0 Å². The molecule has 18 heavy (non-hydrogen) atoms. The third kappa shape index (κ3) is 4.65. The average molecular weight is 252 g/mol. The molecule has 0 spiro atoms. The minimum absolute atomic E-state index is 0.0483. The summed E-state index contributed by atoms with van der Waals surface area (Å²) in [6.07, 6.45) is 7.29. The molecule has 1 atom stereocenters. The molecule has 0 aromatic heterocycles. The van der Waals surface area contributed by atoms with E-state index in [2.05, 4.69) is 13.8 Å². The van der Waals surface area contributed by atoms with Crippen molar-refractivity contribution in [1.82, 2.24) is 0 Å². The van der Waals surface area contributed by atoms with Crippen LogP contribution in [-0.4, -0.2) is 25.1 Å². The number of ketones is 1. The fourth-order valence-electron chi connectivity index (χ4n) is 1.70. The highest BCUT2D eigenvalue weighted by Gasteiger charge is 2.25. The van der Waals surface area contributed by atoms with Crippen LogP contribution < -0.4 is 0 Å². The van der Waals surface area contributed by atoms with Crippen molar-refractivity contribution in [2.24, 2.45) is 0 Å². The fourth-order valence-corrected chi connectivity index (χ4v) is 1.70. The van der Waals surface area contributed by atoms with Gasteiger partial charge in [-0.2, -0.15) is 0 Å². The zero-order valence-electron chi connectivity index (χ0n) is 11.7. The van der Waals surface area contributed by atoms with Crippen molar-refractivity contribution in [3.8, 4) is 0 Å². The first kappa shape index (κ1) is 15.0. The molecule has 102 valence electrons. The Labute approximate surface area is 110 Å².